The van der Waals surface area contributed by atoms with Crippen LogP contribution in [-0.4, -0.2) is 34.4 Å². The van der Waals surface area contributed by atoms with Crippen LogP contribution >= 0.6 is 12.6 Å². The molecule has 7 heteroatoms. The summed E-state index contributed by atoms with van der Waals surface area (Å²) >= 11 is 3.53. The molecule has 0 atom stereocenters. The predicted octanol–water partition coefficient (Wildman–Crippen LogP) is 4.89. The lowest BCUT2D eigenvalue weighted by molar-refractivity contribution is 0.310. The normalized spacial score (nSPS) is 16.5. The Hall–Kier alpha value is -2.80. The first kappa shape index (κ1) is 23.4. The number of nitrogen functional groups attached to an aromatic ring is 1. The van der Waals surface area contributed by atoms with Gasteiger partial charge in [0.05, 0.1) is 17.9 Å². The van der Waals surface area contributed by atoms with Crippen LogP contribution in [0.15, 0.2) is 36.8 Å². The molecule has 0 saturated heterocycles. The summed E-state index contributed by atoms with van der Waals surface area (Å²) in [5.41, 5.74) is 13.7. The zero-order chi connectivity index (χ0) is 23.6. The van der Waals surface area contributed by atoms with Crippen LogP contribution in [0.2, 0.25) is 0 Å². The van der Waals surface area contributed by atoms with Gasteiger partial charge in [0.25, 0.3) is 0 Å². The molecule has 1 aromatic carbocycles. The molecule has 0 fully saturated rings. The second-order valence-corrected chi connectivity index (χ2v) is 9.45. The topological polar surface area (TPSA) is 77.2 Å². The number of hydrogen-bond acceptors (Lipinski definition) is 7. The average molecular weight is 464 g/mol. The van der Waals surface area contributed by atoms with E-state index in [1.165, 1.54) is 17.7 Å². The van der Waals surface area contributed by atoms with E-state index in [4.69, 9.17) is 15.5 Å². The number of nitrogens with zero attached hydrogens (tertiary/aromatic N) is 4. The number of pyridine rings is 1. The fourth-order valence-electron chi connectivity index (χ4n) is 4.59. The van der Waals surface area contributed by atoms with Gasteiger partial charge in [0, 0.05) is 35.1 Å². The second kappa shape index (κ2) is 9.59. The van der Waals surface area contributed by atoms with Crippen LogP contribution in [0.4, 0.5) is 11.5 Å². The van der Waals surface area contributed by atoms with Crippen molar-refractivity contribution >= 4 is 24.1 Å². The number of benzene rings is 1. The first-order valence-corrected chi connectivity index (χ1v) is 12.3. The number of fused-ring (bicyclic) bond motifs is 2. The van der Waals surface area contributed by atoms with Gasteiger partial charge in [-0.3, -0.25) is 4.98 Å². The number of nitrogens with two attached hydrogens (primary N) is 1. The zero-order valence-electron chi connectivity index (χ0n) is 19.9. The molecular formula is C26H33N5OS. The molecule has 0 bridgehead atoms. The minimum absolute atomic E-state index is 0.276. The molecule has 1 aliphatic carbocycles. The number of thiol groups is 1. The Bertz CT molecular complexity index is 1150. The molecule has 5 rings (SSSR count). The molecule has 0 unspecified atom stereocenters. The first-order chi connectivity index (χ1) is 15.9. The highest BCUT2D eigenvalue weighted by atomic mass is 32.1. The van der Waals surface area contributed by atoms with E-state index >= 15 is 0 Å². The molecule has 33 heavy (non-hydrogen) atoms. The maximum absolute atomic E-state index is 6.10. The number of rotatable bonds is 2. The number of hydrogen-bond donors (Lipinski definition) is 2. The number of ether oxygens (including phenoxy) is 1. The number of aryl methyl sites for hydroxylation is 2. The molecule has 3 aromatic rings. The van der Waals surface area contributed by atoms with Crippen molar-refractivity contribution in [3.63, 3.8) is 0 Å². The fourth-order valence-corrected chi connectivity index (χ4v) is 4.59. The molecule has 2 aromatic heterocycles. The van der Waals surface area contributed by atoms with Gasteiger partial charge in [0.1, 0.15) is 24.5 Å². The third kappa shape index (κ3) is 4.93. The Kier molecular flexibility index (Phi) is 6.79. The van der Waals surface area contributed by atoms with E-state index in [9.17, 15) is 0 Å². The predicted molar refractivity (Wildman–Crippen MR) is 138 cm³/mol. The smallest absolute Gasteiger partial charge is 0.135 e. The molecule has 0 radical (unpaired) electrons. The fraction of sp³-hybridized carbons (Fsp3) is 0.423. The van der Waals surface area contributed by atoms with E-state index in [0.29, 0.717) is 12.3 Å². The van der Waals surface area contributed by atoms with E-state index in [1.807, 2.05) is 19.2 Å². The molecule has 0 spiro atoms. The van der Waals surface area contributed by atoms with E-state index in [-0.39, 0.29) is 5.41 Å². The molecule has 2 aliphatic rings. The van der Waals surface area contributed by atoms with Crippen molar-refractivity contribution in [1.29, 1.82) is 0 Å². The largest absolute Gasteiger partial charge is 0.491 e. The summed E-state index contributed by atoms with van der Waals surface area (Å²) in [5, 5.41) is 0. The molecule has 2 N–H and O–H groups in total. The van der Waals surface area contributed by atoms with Crippen molar-refractivity contribution in [1.82, 2.24) is 15.0 Å². The third-order valence-corrected chi connectivity index (χ3v) is 6.51. The van der Waals surface area contributed by atoms with Gasteiger partial charge in [0.2, 0.25) is 0 Å². The molecular weight excluding hydrogens is 430 g/mol. The molecule has 6 nitrogen and oxygen atoms in total. The standard InChI is InChI=1S/C25H29N5O.CH4S/c1-16-21(26)11-18(13-27-16)17-4-5-23-19(10-17)14-30(8-9-31-23)24-20-12-25(2,3)7-6-22(20)28-15-29-24;1-2/h4-5,10-11,13,15H,6-9,12,14,26H2,1-3H3;2H,1H3. The van der Waals surface area contributed by atoms with Gasteiger partial charge in [0.15, 0.2) is 0 Å². The first-order valence-electron chi connectivity index (χ1n) is 11.4. The lowest BCUT2D eigenvalue weighted by Gasteiger charge is -2.33. The highest BCUT2D eigenvalue weighted by Crippen LogP contribution is 2.38. The van der Waals surface area contributed by atoms with Crippen molar-refractivity contribution in [3.05, 3.63) is 59.3 Å². The summed E-state index contributed by atoms with van der Waals surface area (Å²) in [7, 11) is 0. The van der Waals surface area contributed by atoms with Gasteiger partial charge in [-0.1, -0.05) is 19.9 Å². The summed E-state index contributed by atoms with van der Waals surface area (Å²) in [6, 6.07) is 8.32. The van der Waals surface area contributed by atoms with Gasteiger partial charge in [-0.2, -0.15) is 12.6 Å². The van der Waals surface area contributed by atoms with Gasteiger partial charge >= 0.3 is 0 Å². The maximum atomic E-state index is 6.10. The summed E-state index contributed by atoms with van der Waals surface area (Å²) in [5.74, 6) is 1.99. The minimum Gasteiger partial charge on any atom is -0.491 e. The summed E-state index contributed by atoms with van der Waals surface area (Å²) in [6.07, 6.45) is 8.49. The van der Waals surface area contributed by atoms with Gasteiger partial charge in [-0.25, -0.2) is 9.97 Å². The molecule has 1 aliphatic heterocycles. The van der Waals surface area contributed by atoms with Gasteiger partial charge in [-0.15, -0.1) is 0 Å². The molecule has 0 saturated carbocycles. The average Bonchev–Trinajstić information content (AvgIpc) is 3.03. The Morgan fingerprint density at radius 3 is 2.70 bits per heavy atom. The molecule has 0 amide bonds. The van der Waals surface area contributed by atoms with E-state index in [2.05, 4.69) is 59.5 Å². The monoisotopic (exact) mass is 463 g/mol. The lowest BCUT2D eigenvalue weighted by Crippen LogP contribution is -2.31. The van der Waals surface area contributed by atoms with Crippen molar-refractivity contribution in [2.75, 3.05) is 30.0 Å². The van der Waals surface area contributed by atoms with Crippen LogP contribution < -0.4 is 15.4 Å². The van der Waals surface area contributed by atoms with E-state index in [0.717, 1.165) is 59.9 Å². The van der Waals surface area contributed by atoms with Gasteiger partial charge in [-0.05, 0) is 61.6 Å². The highest BCUT2D eigenvalue weighted by Gasteiger charge is 2.30. The summed E-state index contributed by atoms with van der Waals surface area (Å²) in [6.45, 7) is 8.77. The minimum atomic E-state index is 0.276. The molecule has 3 heterocycles. The van der Waals surface area contributed by atoms with Crippen molar-refractivity contribution < 1.29 is 4.74 Å². The third-order valence-electron chi connectivity index (χ3n) is 6.51. The Labute approximate surface area is 202 Å². The summed E-state index contributed by atoms with van der Waals surface area (Å²) in [4.78, 5) is 16.1. The Morgan fingerprint density at radius 2 is 1.91 bits per heavy atom. The van der Waals surface area contributed by atoms with Crippen LogP contribution in [0.1, 0.15) is 42.8 Å². The van der Waals surface area contributed by atoms with Crippen molar-refractivity contribution in [2.45, 2.75) is 46.6 Å². The van der Waals surface area contributed by atoms with Gasteiger partial charge < -0.3 is 15.4 Å². The van der Waals surface area contributed by atoms with Crippen molar-refractivity contribution in [3.8, 4) is 16.9 Å². The molecule has 174 valence electrons. The van der Waals surface area contributed by atoms with E-state index < -0.39 is 0 Å². The van der Waals surface area contributed by atoms with Crippen molar-refractivity contribution in [2.24, 2.45) is 5.41 Å². The maximum Gasteiger partial charge on any atom is 0.135 e. The quantitative estimate of drug-likeness (QED) is 0.527. The van der Waals surface area contributed by atoms with Crippen LogP contribution in [0.3, 0.4) is 0 Å². The second-order valence-electron chi connectivity index (χ2n) is 9.45. The van der Waals surface area contributed by atoms with Crippen LogP contribution in [0.25, 0.3) is 11.1 Å². The SMILES string of the molecule is CS.Cc1ncc(-c2ccc3c(c2)CN(c2ncnc4c2CC(C)(C)CC4)CCO3)cc1N. The lowest BCUT2D eigenvalue weighted by atomic mass is 9.76. The summed E-state index contributed by atoms with van der Waals surface area (Å²) < 4.78 is 6.09. The van der Waals surface area contributed by atoms with Crippen LogP contribution in [0, 0.1) is 12.3 Å². The van der Waals surface area contributed by atoms with E-state index in [1.54, 1.807) is 12.6 Å². The van der Waals surface area contributed by atoms with Crippen LogP contribution in [-0.2, 0) is 19.4 Å². The Balaban J connectivity index is 0.00000126. The number of anilines is 2. The van der Waals surface area contributed by atoms with Crippen LogP contribution in [0.5, 0.6) is 5.75 Å². The zero-order valence-corrected chi connectivity index (χ0v) is 20.8. The number of aromatic nitrogens is 3. The Morgan fingerprint density at radius 1 is 1.09 bits per heavy atom. The highest BCUT2D eigenvalue weighted by molar-refractivity contribution is 7.79.